The Bertz CT molecular complexity index is 665. The number of benzene rings is 3. The number of hydrogen-bond acceptors (Lipinski definition) is 1. The van der Waals surface area contributed by atoms with Crippen LogP contribution in [-0.4, -0.2) is 11.4 Å². The van der Waals surface area contributed by atoms with E-state index in [9.17, 15) is 0 Å². The van der Waals surface area contributed by atoms with Crippen LogP contribution >= 0.6 is 0 Å². The van der Waals surface area contributed by atoms with Gasteiger partial charge in [0.15, 0.2) is 0 Å². The summed E-state index contributed by atoms with van der Waals surface area (Å²) in [6.07, 6.45) is 3.64. The molecule has 0 aliphatic carbocycles. The first kappa shape index (κ1) is 17.4. The molecule has 0 atom stereocenters. The summed E-state index contributed by atoms with van der Waals surface area (Å²) in [6.45, 7) is 3.17. The fourth-order valence-corrected chi connectivity index (χ4v) is 3.21. The van der Waals surface area contributed by atoms with Crippen LogP contribution in [-0.2, 0) is 19.5 Å². The smallest absolute Gasteiger partial charge is 0.0237 e. The second-order valence-corrected chi connectivity index (χ2v) is 6.62. The molecule has 0 amide bonds. The number of rotatable bonds is 9. The SMILES string of the molecule is c1ccc(CCCCN(Cc2ccccc2)Cc2ccccc2)cc1. The maximum absolute atomic E-state index is 2.57. The first-order valence-electron chi connectivity index (χ1n) is 9.24. The second kappa shape index (κ2) is 9.80. The second-order valence-electron chi connectivity index (χ2n) is 6.62. The fraction of sp³-hybridized carbons (Fsp3) is 0.250. The van der Waals surface area contributed by atoms with E-state index in [0.29, 0.717) is 0 Å². The maximum atomic E-state index is 2.57. The van der Waals surface area contributed by atoms with Gasteiger partial charge in [-0.25, -0.2) is 0 Å². The monoisotopic (exact) mass is 329 g/mol. The van der Waals surface area contributed by atoms with Gasteiger partial charge in [0.1, 0.15) is 0 Å². The molecule has 0 N–H and O–H groups in total. The summed E-state index contributed by atoms with van der Waals surface area (Å²) in [6, 6.07) is 32.4. The van der Waals surface area contributed by atoms with Gasteiger partial charge in [0.05, 0.1) is 0 Å². The minimum Gasteiger partial charge on any atom is -0.295 e. The van der Waals surface area contributed by atoms with Gasteiger partial charge in [-0.2, -0.15) is 0 Å². The highest BCUT2D eigenvalue weighted by Gasteiger charge is 2.07. The van der Waals surface area contributed by atoms with E-state index in [-0.39, 0.29) is 0 Å². The molecule has 0 spiro atoms. The Morgan fingerprint density at radius 1 is 0.480 bits per heavy atom. The largest absolute Gasteiger partial charge is 0.295 e. The average molecular weight is 329 g/mol. The summed E-state index contributed by atoms with van der Waals surface area (Å²) >= 11 is 0. The standard InChI is InChI=1S/C24H27N/c1-4-12-22(13-5-1)14-10-11-19-25(20-23-15-6-2-7-16-23)21-24-17-8-3-9-18-24/h1-9,12-13,15-18H,10-11,14,19-21H2. The van der Waals surface area contributed by atoms with E-state index in [1.807, 2.05) is 0 Å². The minimum atomic E-state index is 1.01. The number of unbranched alkanes of at least 4 members (excludes halogenated alkanes) is 1. The quantitative estimate of drug-likeness (QED) is 0.454. The lowest BCUT2D eigenvalue weighted by Crippen LogP contribution is -2.24. The Morgan fingerprint density at radius 2 is 0.920 bits per heavy atom. The van der Waals surface area contributed by atoms with Gasteiger partial charge in [-0.3, -0.25) is 4.90 Å². The first-order valence-corrected chi connectivity index (χ1v) is 9.24. The van der Waals surface area contributed by atoms with Crippen molar-refractivity contribution in [3.05, 3.63) is 108 Å². The zero-order valence-corrected chi connectivity index (χ0v) is 14.9. The summed E-state index contributed by atoms with van der Waals surface area (Å²) < 4.78 is 0. The molecule has 1 heteroatoms. The Morgan fingerprint density at radius 3 is 1.40 bits per heavy atom. The predicted molar refractivity (Wildman–Crippen MR) is 106 cm³/mol. The van der Waals surface area contributed by atoms with Crippen LogP contribution in [0.3, 0.4) is 0 Å². The van der Waals surface area contributed by atoms with Crippen molar-refractivity contribution in [1.29, 1.82) is 0 Å². The van der Waals surface area contributed by atoms with Crippen molar-refractivity contribution >= 4 is 0 Å². The third-order valence-corrected chi connectivity index (χ3v) is 4.53. The lowest BCUT2D eigenvalue weighted by Gasteiger charge is -2.22. The normalized spacial score (nSPS) is 10.9. The van der Waals surface area contributed by atoms with Crippen LogP contribution in [0.25, 0.3) is 0 Å². The van der Waals surface area contributed by atoms with Crippen molar-refractivity contribution < 1.29 is 0 Å². The van der Waals surface area contributed by atoms with Crippen molar-refractivity contribution in [2.24, 2.45) is 0 Å². The summed E-state index contributed by atoms with van der Waals surface area (Å²) in [5, 5.41) is 0. The van der Waals surface area contributed by atoms with E-state index in [4.69, 9.17) is 0 Å². The molecule has 0 saturated heterocycles. The van der Waals surface area contributed by atoms with Gasteiger partial charge in [-0.15, -0.1) is 0 Å². The molecule has 0 radical (unpaired) electrons. The molecule has 1 nitrogen and oxygen atoms in total. The summed E-state index contributed by atoms with van der Waals surface area (Å²) in [5.41, 5.74) is 4.23. The van der Waals surface area contributed by atoms with E-state index in [1.54, 1.807) is 0 Å². The molecule has 0 saturated carbocycles. The molecule has 0 aromatic heterocycles. The van der Waals surface area contributed by atoms with Gasteiger partial charge in [0.2, 0.25) is 0 Å². The number of hydrogen-bond donors (Lipinski definition) is 0. The van der Waals surface area contributed by atoms with Gasteiger partial charge in [-0.1, -0.05) is 91.0 Å². The molecule has 3 aromatic carbocycles. The van der Waals surface area contributed by atoms with Crippen molar-refractivity contribution in [3.8, 4) is 0 Å². The maximum Gasteiger partial charge on any atom is 0.0237 e. The van der Waals surface area contributed by atoms with Crippen LogP contribution in [0.1, 0.15) is 29.5 Å². The molecule has 0 heterocycles. The first-order chi connectivity index (χ1) is 12.4. The Kier molecular flexibility index (Phi) is 6.84. The molecular formula is C24H27N. The molecule has 0 aliphatic rings. The summed E-state index contributed by atoms with van der Waals surface area (Å²) in [5.74, 6) is 0. The fourth-order valence-electron chi connectivity index (χ4n) is 3.21. The van der Waals surface area contributed by atoms with Gasteiger partial charge in [0.25, 0.3) is 0 Å². The highest BCUT2D eigenvalue weighted by molar-refractivity contribution is 5.17. The zero-order chi connectivity index (χ0) is 17.2. The van der Waals surface area contributed by atoms with Crippen LogP contribution in [0.15, 0.2) is 91.0 Å². The van der Waals surface area contributed by atoms with Crippen molar-refractivity contribution in [2.45, 2.75) is 32.4 Å². The highest BCUT2D eigenvalue weighted by Crippen LogP contribution is 2.12. The molecule has 3 rings (SSSR count). The molecule has 0 aliphatic heterocycles. The van der Waals surface area contributed by atoms with Crippen LogP contribution < -0.4 is 0 Å². The van der Waals surface area contributed by atoms with E-state index < -0.39 is 0 Å². The summed E-state index contributed by atoms with van der Waals surface area (Å²) in [4.78, 5) is 2.57. The molecule has 0 unspecified atom stereocenters. The minimum absolute atomic E-state index is 1.01. The van der Waals surface area contributed by atoms with E-state index in [1.165, 1.54) is 36.0 Å². The zero-order valence-electron chi connectivity index (χ0n) is 14.9. The predicted octanol–water partition coefficient (Wildman–Crippen LogP) is 5.71. The van der Waals surface area contributed by atoms with E-state index in [2.05, 4.69) is 95.9 Å². The molecule has 25 heavy (non-hydrogen) atoms. The Hall–Kier alpha value is -2.38. The number of nitrogens with zero attached hydrogens (tertiary/aromatic N) is 1. The van der Waals surface area contributed by atoms with Gasteiger partial charge in [-0.05, 0) is 42.5 Å². The van der Waals surface area contributed by atoms with Gasteiger partial charge in [0, 0.05) is 13.1 Å². The van der Waals surface area contributed by atoms with E-state index in [0.717, 1.165) is 19.6 Å². The average Bonchev–Trinajstić information content (AvgIpc) is 2.67. The molecule has 3 aromatic rings. The van der Waals surface area contributed by atoms with Crippen LogP contribution in [0.5, 0.6) is 0 Å². The van der Waals surface area contributed by atoms with Gasteiger partial charge >= 0.3 is 0 Å². The number of aryl methyl sites for hydroxylation is 1. The summed E-state index contributed by atoms with van der Waals surface area (Å²) in [7, 11) is 0. The lowest BCUT2D eigenvalue weighted by molar-refractivity contribution is 0.251. The van der Waals surface area contributed by atoms with E-state index >= 15 is 0 Å². The van der Waals surface area contributed by atoms with Gasteiger partial charge < -0.3 is 0 Å². The van der Waals surface area contributed by atoms with Crippen molar-refractivity contribution in [3.63, 3.8) is 0 Å². The van der Waals surface area contributed by atoms with Crippen molar-refractivity contribution in [2.75, 3.05) is 6.54 Å². The van der Waals surface area contributed by atoms with Crippen LogP contribution in [0.4, 0.5) is 0 Å². The third kappa shape index (κ3) is 6.21. The molecule has 128 valence electrons. The van der Waals surface area contributed by atoms with Crippen molar-refractivity contribution in [1.82, 2.24) is 4.90 Å². The molecule has 0 bridgehead atoms. The Balaban J connectivity index is 1.54. The van der Waals surface area contributed by atoms with Crippen LogP contribution in [0, 0.1) is 0 Å². The highest BCUT2D eigenvalue weighted by atomic mass is 15.1. The topological polar surface area (TPSA) is 3.24 Å². The molecule has 0 fully saturated rings. The third-order valence-electron chi connectivity index (χ3n) is 4.53. The lowest BCUT2D eigenvalue weighted by atomic mass is 10.1. The molecular weight excluding hydrogens is 302 g/mol. The van der Waals surface area contributed by atoms with Crippen LogP contribution in [0.2, 0.25) is 0 Å². The Labute approximate surface area is 151 Å².